The summed E-state index contributed by atoms with van der Waals surface area (Å²) in [5.41, 5.74) is 1.04. The van der Waals surface area contributed by atoms with Gasteiger partial charge in [-0.1, -0.05) is 0 Å². The first-order chi connectivity index (χ1) is 7.15. The second-order valence-electron chi connectivity index (χ2n) is 3.95. The molecule has 0 aromatic carbocycles. The van der Waals surface area contributed by atoms with Gasteiger partial charge in [-0.15, -0.1) is 11.3 Å². The lowest BCUT2D eigenvalue weighted by Crippen LogP contribution is -2.43. The molecule has 0 radical (unpaired) electrons. The first-order valence-electron chi connectivity index (χ1n) is 5.08. The van der Waals surface area contributed by atoms with Crippen molar-refractivity contribution < 1.29 is 4.79 Å². The zero-order chi connectivity index (χ0) is 10.8. The molecule has 0 bridgehead atoms. The van der Waals surface area contributed by atoms with Gasteiger partial charge in [-0.2, -0.15) is 0 Å². The fourth-order valence-corrected chi connectivity index (χ4v) is 2.49. The summed E-state index contributed by atoms with van der Waals surface area (Å²) in [6.45, 7) is 2.76. The second kappa shape index (κ2) is 4.18. The molecule has 1 amide bonds. The van der Waals surface area contributed by atoms with E-state index >= 15 is 0 Å². The Kier molecular flexibility index (Phi) is 2.90. The van der Waals surface area contributed by atoms with Crippen LogP contribution in [0.4, 0.5) is 5.13 Å². The lowest BCUT2D eigenvalue weighted by atomic mass is 10.1. The largest absolute Gasteiger partial charge is 0.357 e. The fraction of sp³-hybridized carbons (Fsp3) is 0.600. The minimum absolute atomic E-state index is 0.239. The summed E-state index contributed by atoms with van der Waals surface area (Å²) in [6, 6.07) is 0.346. The number of carbonyl (C=O) groups is 1. The van der Waals surface area contributed by atoms with Crippen LogP contribution in [-0.2, 0) is 4.79 Å². The highest BCUT2D eigenvalue weighted by atomic mass is 32.1. The molecule has 2 rings (SSSR count). The number of aromatic nitrogens is 1. The van der Waals surface area contributed by atoms with E-state index in [9.17, 15) is 4.79 Å². The highest BCUT2D eigenvalue weighted by molar-refractivity contribution is 7.13. The van der Waals surface area contributed by atoms with Crippen molar-refractivity contribution in [3.8, 4) is 0 Å². The van der Waals surface area contributed by atoms with E-state index in [4.69, 9.17) is 0 Å². The van der Waals surface area contributed by atoms with E-state index in [0.29, 0.717) is 12.5 Å². The molecule has 5 heteroatoms. The van der Waals surface area contributed by atoms with Crippen LogP contribution in [0.1, 0.15) is 18.5 Å². The minimum atomic E-state index is 0.239. The Hall–Kier alpha value is -1.10. The quantitative estimate of drug-likeness (QED) is 0.829. The normalized spacial score (nSPS) is 21.9. The van der Waals surface area contributed by atoms with Crippen molar-refractivity contribution >= 4 is 22.4 Å². The van der Waals surface area contributed by atoms with Crippen molar-refractivity contribution in [1.82, 2.24) is 9.88 Å². The standard InChI is InChI=1S/C10H15N3OS/c1-7-6-15-10(11-7)12-8-3-4-9(14)13(2)5-8/h6,8H,3-5H2,1-2H3,(H,11,12). The van der Waals surface area contributed by atoms with Gasteiger partial charge in [-0.05, 0) is 13.3 Å². The highest BCUT2D eigenvalue weighted by Crippen LogP contribution is 2.19. The third-order valence-electron chi connectivity index (χ3n) is 2.57. The number of hydrogen-bond donors (Lipinski definition) is 1. The number of carbonyl (C=O) groups excluding carboxylic acids is 1. The van der Waals surface area contributed by atoms with Gasteiger partial charge in [0, 0.05) is 31.4 Å². The zero-order valence-electron chi connectivity index (χ0n) is 8.99. The molecule has 82 valence electrons. The summed E-state index contributed by atoms with van der Waals surface area (Å²) < 4.78 is 0. The number of amides is 1. The van der Waals surface area contributed by atoms with Gasteiger partial charge in [-0.25, -0.2) is 4.98 Å². The lowest BCUT2D eigenvalue weighted by molar-refractivity contribution is -0.132. The number of piperidine rings is 1. The van der Waals surface area contributed by atoms with Crippen molar-refractivity contribution in [3.63, 3.8) is 0 Å². The fourth-order valence-electron chi connectivity index (χ4n) is 1.72. The van der Waals surface area contributed by atoms with Crippen molar-refractivity contribution in [2.45, 2.75) is 25.8 Å². The van der Waals surface area contributed by atoms with Gasteiger partial charge in [0.1, 0.15) is 0 Å². The van der Waals surface area contributed by atoms with Crippen LogP contribution in [0.25, 0.3) is 0 Å². The summed E-state index contributed by atoms with van der Waals surface area (Å²) in [5, 5.41) is 6.35. The van der Waals surface area contributed by atoms with E-state index in [1.165, 1.54) is 0 Å². The molecule has 1 aliphatic rings. The molecule has 1 atom stereocenters. The summed E-state index contributed by atoms with van der Waals surface area (Å²) >= 11 is 1.62. The number of thiazole rings is 1. The molecule has 1 fully saturated rings. The predicted octanol–water partition coefficient (Wildman–Crippen LogP) is 1.48. The van der Waals surface area contributed by atoms with Gasteiger partial charge >= 0.3 is 0 Å². The molecule has 1 aliphatic heterocycles. The highest BCUT2D eigenvalue weighted by Gasteiger charge is 2.22. The number of hydrogen-bond acceptors (Lipinski definition) is 4. The molecule has 0 aliphatic carbocycles. The molecule has 15 heavy (non-hydrogen) atoms. The first-order valence-corrected chi connectivity index (χ1v) is 5.96. The van der Waals surface area contributed by atoms with E-state index < -0.39 is 0 Å². The Labute approximate surface area is 93.3 Å². The van der Waals surface area contributed by atoms with Crippen LogP contribution in [0, 0.1) is 6.92 Å². The van der Waals surface area contributed by atoms with Crippen LogP contribution < -0.4 is 5.32 Å². The molecule has 1 saturated heterocycles. The molecule has 1 aromatic heterocycles. The number of nitrogens with zero attached hydrogens (tertiary/aromatic N) is 2. The Balaban J connectivity index is 1.93. The van der Waals surface area contributed by atoms with Gasteiger partial charge in [0.25, 0.3) is 0 Å². The number of nitrogens with one attached hydrogen (secondary N) is 1. The summed E-state index contributed by atoms with van der Waals surface area (Å²) in [6.07, 6.45) is 1.54. The van der Waals surface area contributed by atoms with Gasteiger partial charge in [0.15, 0.2) is 5.13 Å². The first kappa shape index (κ1) is 10.4. The molecule has 4 nitrogen and oxygen atoms in total. The maximum absolute atomic E-state index is 11.3. The van der Waals surface area contributed by atoms with Crippen LogP contribution in [0.15, 0.2) is 5.38 Å². The van der Waals surface area contributed by atoms with Crippen molar-refractivity contribution in [3.05, 3.63) is 11.1 Å². The van der Waals surface area contributed by atoms with Crippen LogP contribution in [-0.4, -0.2) is 35.4 Å². The maximum atomic E-state index is 11.3. The third kappa shape index (κ3) is 2.47. The van der Waals surface area contributed by atoms with Crippen molar-refractivity contribution in [2.75, 3.05) is 18.9 Å². The second-order valence-corrected chi connectivity index (χ2v) is 4.81. The molecule has 0 saturated carbocycles. The van der Waals surface area contributed by atoms with E-state index in [1.54, 1.807) is 16.2 Å². The summed E-state index contributed by atoms with van der Waals surface area (Å²) in [7, 11) is 1.85. The molecule has 2 heterocycles. The smallest absolute Gasteiger partial charge is 0.222 e. The van der Waals surface area contributed by atoms with Crippen LogP contribution in [0.3, 0.4) is 0 Å². The monoisotopic (exact) mass is 225 g/mol. The van der Waals surface area contributed by atoms with E-state index in [-0.39, 0.29) is 5.91 Å². The topological polar surface area (TPSA) is 45.2 Å². The zero-order valence-corrected chi connectivity index (χ0v) is 9.80. The van der Waals surface area contributed by atoms with E-state index in [0.717, 1.165) is 23.8 Å². The lowest BCUT2D eigenvalue weighted by Gasteiger charge is -2.29. The number of likely N-dealkylation sites (tertiary alicyclic amines) is 1. The minimum Gasteiger partial charge on any atom is -0.357 e. The summed E-state index contributed by atoms with van der Waals surface area (Å²) in [5.74, 6) is 0.239. The number of anilines is 1. The molecular weight excluding hydrogens is 210 g/mol. The SMILES string of the molecule is Cc1csc(NC2CCC(=O)N(C)C2)n1. The van der Waals surface area contributed by atoms with Gasteiger partial charge in [0.2, 0.25) is 5.91 Å². The molecular formula is C10H15N3OS. The predicted molar refractivity (Wildman–Crippen MR) is 61.1 cm³/mol. The van der Waals surface area contributed by atoms with Crippen molar-refractivity contribution in [1.29, 1.82) is 0 Å². The average molecular weight is 225 g/mol. The molecule has 1 N–H and O–H groups in total. The number of rotatable bonds is 2. The van der Waals surface area contributed by atoms with Crippen LogP contribution in [0.5, 0.6) is 0 Å². The van der Waals surface area contributed by atoms with E-state index in [2.05, 4.69) is 10.3 Å². The Bertz CT molecular complexity index is 363. The summed E-state index contributed by atoms with van der Waals surface area (Å²) in [4.78, 5) is 17.4. The van der Waals surface area contributed by atoms with Crippen LogP contribution in [0.2, 0.25) is 0 Å². The Morgan fingerprint density at radius 2 is 2.47 bits per heavy atom. The Morgan fingerprint density at radius 1 is 1.67 bits per heavy atom. The average Bonchev–Trinajstić information content (AvgIpc) is 2.58. The molecule has 0 spiro atoms. The number of aryl methyl sites for hydroxylation is 1. The van der Waals surface area contributed by atoms with Gasteiger partial charge < -0.3 is 10.2 Å². The third-order valence-corrected chi connectivity index (χ3v) is 3.46. The molecule has 1 unspecified atom stereocenters. The van der Waals surface area contributed by atoms with Gasteiger partial charge in [-0.3, -0.25) is 4.79 Å². The molecule has 1 aromatic rings. The Morgan fingerprint density at radius 3 is 3.07 bits per heavy atom. The number of likely N-dealkylation sites (N-methyl/N-ethyl adjacent to an activating group) is 1. The van der Waals surface area contributed by atoms with Gasteiger partial charge in [0.05, 0.1) is 5.69 Å². The van der Waals surface area contributed by atoms with Crippen molar-refractivity contribution in [2.24, 2.45) is 0 Å². The van der Waals surface area contributed by atoms with Crippen LogP contribution >= 0.6 is 11.3 Å². The maximum Gasteiger partial charge on any atom is 0.222 e. The van der Waals surface area contributed by atoms with E-state index in [1.807, 2.05) is 19.4 Å².